The normalized spacial score (nSPS) is 32.4. The summed E-state index contributed by atoms with van der Waals surface area (Å²) in [5, 5.41) is 6.61. The van der Waals surface area contributed by atoms with Crippen LogP contribution in [0, 0.1) is 17.8 Å². The number of hydrogen-bond donors (Lipinski definition) is 1. The van der Waals surface area contributed by atoms with E-state index in [2.05, 4.69) is 28.4 Å². The van der Waals surface area contributed by atoms with E-state index in [0.717, 1.165) is 35.9 Å². The molecule has 1 aromatic heterocycles. The van der Waals surface area contributed by atoms with Gasteiger partial charge in [0.15, 0.2) is 4.80 Å². The molecule has 0 aliphatic heterocycles. The molecule has 1 aromatic carbocycles. The second kappa shape index (κ2) is 7.06. The van der Waals surface area contributed by atoms with Crippen LogP contribution in [0.1, 0.15) is 49.8 Å². The summed E-state index contributed by atoms with van der Waals surface area (Å²) in [7, 11) is 2.17. The van der Waals surface area contributed by atoms with Crippen molar-refractivity contribution in [1.82, 2.24) is 9.88 Å². The fraction of sp³-hybridized carbons (Fsp3) is 0.591. The molecule has 5 heteroatoms. The van der Waals surface area contributed by atoms with Gasteiger partial charge in [-0.3, -0.25) is 4.99 Å². The maximum absolute atomic E-state index is 6.07. The van der Waals surface area contributed by atoms with E-state index in [1.165, 1.54) is 54.6 Å². The third-order valence-corrected chi connectivity index (χ3v) is 8.08. The summed E-state index contributed by atoms with van der Waals surface area (Å²) in [4.78, 5) is 6.59. The minimum absolute atomic E-state index is 0.253. The van der Waals surface area contributed by atoms with E-state index >= 15 is 0 Å². The summed E-state index contributed by atoms with van der Waals surface area (Å²) >= 11 is 7.88. The monoisotopic (exact) mass is 401 g/mol. The van der Waals surface area contributed by atoms with Gasteiger partial charge in [0.05, 0.1) is 5.54 Å². The van der Waals surface area contributed by atoms with Gasteiger partial charge in [-0.2, -0.15) is 0 Å². The van der Waals surface area contributed by atoms with Crippen molar-refractivity contribution < 1.29 is 0 Å². The molecule has 4 bridgehead atoms. The molecule has 0 saturated heterocycles. The first-order valence-corrected chi connectivity index (χ1v) is 11.5. The summed E-state index contributed by atoms with van der Waals surface area (Å²) < 4.78 is 2.30. The average Bonchev–Trinajstić information content (AvgIpc) is 2.94. The van der Waals surface area contributed by atoms with Crippen LogP contribution in [-0.2, 0) is 20.1 Å². The molecule has 0 atom stereocenters. The van der Waals surface area contributed by atoms with Gasteiger partial charge in [-0.1, -0.05) is 23.7 Å². The van der Waals surface area contributed by atoms with Crippen LogP contribution in [-0.4, -0.2) is 10.1 Å². The van der Waals surface area contributed by atoms with Crippen molar-refractivity contribution in [2.45, 2.75) is 57.2 Å². The highest BCUT2D eigenvalue weighted by atomic mass is 35.5. The predicted octanol–water partition coefficient (Wildman–Crippen LogP) is 4.90. The Morgan fingerprint density at radius 2 is 1.85 bits per heavy atom. The van der Waals surface area contributed by atoms with E-state index in [4.69, 9.17) is 16.6 Å². The van der Waals surface area contributed by atoms with Crippen LogP contribution < -0.4 is 10.1 Å². The zero-order chi connectivity index (χ0) is 18.4. The minimum atomic E-state index is 0.253. The van der Waals surface area contributed by atoms with Crippen molar-refractivity contribution in [2.24, 2.45) is 29.8 Å². The van der Waals surface area contributed by atoms with Gasteiger partial charge in [-0.15, -0.1) is 11.3 Å². The molecule has 4 fully saturated rings. The van der Waals surface area contributed by atoms with E-state index in [9.17, 15) is 0 Å². The van der Waals surface area contributed by atoms with E-state index < -0.39 is 0 Å². The van der Waals surface area contributed by atoms with Crippen molar-refractivity contribution in [3.8, 4) is 0 Å². The van der Waals surface area contributed by atoms with Crippen molar-refractivity contribution >= 4 is 22.9 Å². The lowest BCUT2D eigenvalue weighted by Crippen LogP contribution is -2.50. The molecule has 6 rings (SSSR count). The van der Waals surface area contributed by atoms with Crippen LogP contribution in [0.15, 0.2) is 34.6 Å². The molecular formula is C22H28ClN3S. The van der Waals surface area contributed by atoms with E-state index in [-0.39, 0.29) is 5.54 Å². The van der Waals surface area contributed by atoms with Crippen LogP contribution in [0.5, 0.6) is 0 Å². The molecule has 3 nitrogen and oxygen atoms in total. The molecule has 4 aliphatic rings. The fourth-order valence-corrected chi connectivity index (χ4v) is 7.27. The third-order valence-electron chi connectivity index (χ3n) is 6.88. The van der Waals surface area contributed by atoms with Crippen LogP contribution in [0.3, 0.4) is 0 Å². The summed E-state index contributed by atoms with van der Waals surface area (Å²) in [6.45, 7) is 1.69. The molecule has 0 spiro atoms. The Balaban J connectivity index is 1.30. The number of rotatable bonds is 5. The quantitative estimate of drug-likeness (QED) is 0.758. The summed E-state index contributed by atoms with van der Waals surface area (Å²) in [6.07, 6.45) is 8.43. The number of benzene rings is 1. The number of thiazole rings is 1. The smallest absolute Gasteiger partial charge is 0.185 e. The Labute approximate surface area is 170 Å². The number of nitrogens with one attached hydrogen (secondary N) is 1. The van der Waals surface area contributed by atoms with E-state index in [1.807, 2.05) is 29.5 Å². The second-order valence-electron chi connectivity index (χ2n) is 9.06. The first-order valence-electron chi connectivity index (χ1n) is 10.2. The SMILES string of the molecule is Cn1c(CNCc2cccc(Cl)c2)csc1=NC12CC3CC(CC(C3)C1)C2. The van der Waals surface area contributed by atoms with Gasteiger partial charge in [0.2, 0.25) is 0 Å². The van der Waals surface area contributed by atoms with Crippen LogP contribution in [0.25, 0.3) is 0 Å². The first-order chi connectivity index (χ1) is 13.1. The van der Waals surface area contributed by atoms with Crippen molar-refractivity contribution in [2.75, 3.05) is 0 Å². The van der Waals surface area contributed by atoms with Crippen LogP contribution in [0.4, 0.5) is 0 Å². The first kappa shape index (κ1) is 18.0. The number of aromatic nitrogens is 1. The highest BCUT2D eigenvalue weighted by Gasteiger charge is 2.51. The second-order valence-corrected chi connectivity index (χ2v) is 10.3. The topological polar surface area (TPSA) is 29.3 Å². The van der Waals surface area contributed by atoms with Gasteiger partial charge in [0.1, 0.15) is 0 Å². The van der Waals surface area contributed by atoms with E-state index in [1.54, 1.807) is 0 Å². The molecular weight excluding hydrogens is 374 g/mol. The average molecular weight is 402 g/mol. The standard InChI is InChI=1S/C22H28ClN3S/c1-26-20(13-24-12-15-3-2-4-19(23)8-15)14-27-21(26)25-22-9-16-5-17(10-22)7-18(6-16)11-22/h2-4,8,14,16-18,24H,5-7,9-13H2,1H3. The van der Waals surface area contributed by atoms with E-state index in [0.29, 0.717) is 0 Å². The zero-order valence-electron chi connectivity index (χ0n) is 16.0. The predicted molar refractivity (Wildman–Crippen MR) is 112 cm³/mol. The fourth-order valence-electron chi connectivity index (χ4n) is 6.05. The molecule has 144 valence electrons. The van der Waals surface area contributed by atoms with Gasteiger partial charge < -0.3 is 9.88 Å². The summed E-state index contributed by atoms with van der Waals surface area (Å²) in [6, 6.07) is 8.06. The van der Waals surface area contributed by atoms with Gasteiger partial charge in [-0.05, 0) is 74.0 Å². The van der Waals surface area contributed by atoms with Gasteiger partial charge in [-0.25, -0.2) is 0 Å². The lowest BCUT2D eigenvalue weighted by molar-refractivity contribution is -0.000364. The number of hydrogen-bond acceptors (Lipinski definition) is 3. The largest absolute Gasteiger partial charge is 0.323 e. The molecule has 1 heterocycles. The maximum atomic E-state index is 6.07. The highest BCUT2D eigenvalue weighted by molar-refractivity contribution is 7.07. The van der Waals surface area contributed by atoms with Gasteiger partial charge >= 0.3 is 0 Å². The van der Waals surface area contributed by atoms with Crippen molar-refractivity contribution in [3.63, 3.8) is 0 Å². The number of nitrogens with zero attached hydrogens (tertiary/aromatic N) is 2. The zero-order valence-corrected chi connectivity index (χ0v) is 17.5. The molecule has 1 N–H and O–H groups in total. The summed E-state index contributed by atoms with van der Waals surface area (Å²) in [5.41, 5.74) is 2.78. The maximum Gasteiger partial charge on any atom is 0.185 e. The Hall–Kier alpha value is -1.10. The highest BCUT2D eigenvalue weighted by Crippen LogP contribution is 2.57. The molecule has 0 amide bonds. The lowest BCUT2D eigenvalue weighted by atomic mass is 9.53. The lowest BCUT2D eigenvalue weighted by Gasteiger charge is -2.54. The summed E-state index contributed by atoms with van der Waals surface area (Å²) in [5.74, 6) is 2.84. The van der Waals surface area contributed by atoms with Crippen LogP contribution in [0.2, 0.25) is 5.02 Å². The molecule has 4 aliphatic carbocycles. The van der Waals surface area contributed by atoms with Gasteiger partial charge in [0.25, 0.3) is 0 Å². The number of halogens is 1. The van der Waals surface area contributed by atoms with Crippen LogP contribution >= 0.6 is 22.9 Å². The Bertz CT molecular complexity index is 862. The Kier molecular flexibility index (Phi) is 4.69. The third kappa shape index (κ3) is 3.64. The Morgan fingerprint density at radius 3 is 2.52 bits per heavy atom. The molecule has 0 unspecified atom stereocenters. The van der Waals surface area contributed by atoms with Crippen molar-refractivity contribution in [3.05, 3.63) is 50.7 Å². The van der Waals surface area contributed by atoms with Gasteiger partial charge in [0, 0.05) is 36.2 Å². The molecule has 4 saturated carbocycles. The van der Waals surface area contributed by atoms with Crippen molar-refractivity contribution in [1.29, 1.82) is 0 Å². The molecule has 0 radical (unpaired) electrons. The molecule has 2 aromatic rings. The minimum Gasteiger partial charge on any atom is -0.323 e. The molecule has 27 heavy (non-hydrogen) atoms. The Morgan fingerprint density at radius 1 is 1.15 bits per heavy atom.